The molecule has 6 rings (SSSR count). The smallest absolute Gasteiger partial charge is 0.416 e. The largest absolute Gasteiger partial charge is 0.481 e. The number of halogens is 3. The van der Waals surface area contributed by atoms with Crippen LogP contribution in [0.2, 0.25) is 0 Å². The van der Waals surface area contributed by atoms with Gasteiger partial charge in [-0.15, -0.1) is 0 Å². The fourth-order valence-corrected chi connectivity index (χ4v) is 7.08. The molecular formula is C31H24F3N3O3S. The first kappa shape index (κ1) is 27.0. The molecule has 0 bridgehead atoms. The Labute approximate surface area is 237 Å². The zero-order chi connectivity index (χ0) is 28.9. The van der Waals surface area contributed by atoms with Crippen LogP contribution in [0.5, 0.6) is 0 Å². The predicted molar refractivity (Wildman–Crippen MR) is 147 cm³/mol. The van der Waals surface area contributed by atoms with E-state index in [-0.39, 0.29) is 23.3 Å². The van der Waals surface area contributed by atoms with E-state index in [1.807, 2.05) is 12.1 Å². The number of carboxylic acids is 1. The Morgan fingerprint density at radius 1 is 1.02 bits per heavy atom. The minimum Gasteiger partial charge on any atom is -0.481 e. The van der Waals surface area contributed by atoms with Gasteiger partial charge in [0.15, 0.2) is 0 Å². The Hall–Kier alpha value is -4.23. The van der Waals surface area contributed by atoms with Crippen LogP contribution in [0.3, 0.4) is 0 Å². The second kappa shape index (κ2) is 10.00. The monoisotopic (exact) mass is 575 g/mol. The number of nitrogens with zero attached hydrogens (tertiary/aromatic N) is 1. The van der Waals surface area contributed by atoms with Crippen LogP contribution in [0.1, 0.15) is 47.2 Å². The molecule has 1 heterocycles. The van der Waals surface area contributed by atoms with Gasteiger partial charge in [0.2, 0.25) is 0 Å². The number of rotatable bonds is 6. The molecule has 2 aliphatic rings. The Balaban J connectivity index is 1.31. The summed E-state index contributed by atoms with van der Waals surface area (Å²) >= 11 is 1.26. The van der Waals surface area contributed by atoms with E-state index in [4.69, 9.17) is 0 Å². The molecule has 1 spiro atoms. The molecule has 4 aromatic rings. The van der Waals surface area contributed by atoms with Crippen molar-refractivity contribution in [2.24, 2.45) is 11.3 Å². The molecule has 6 nitrogen and oxygen atoms in total. The van der Waals surface area contributed by atoms with Crippen LogP contribution in [-0.2, 0) is 11.0 Å². The van der Waals surface area contributed by atoms with Gasteiger partial charge >= 0.3 is 12.1 Å². The molecule has 1 amide bonds. The van der Waals surface area contributed by atoms with Crippen LogP contribution in [0.25, 0.3) is 22.0 Å². The van der Waals surface area contributed by atoms with Crippen molar-refractivity contribution in [3.8, 4) is 17.2 Å². The number of alkyl halides is 3. The lowest BCUT2D eigenvalue weighted by molar-refractivity contribution is -0.155. The number of fused-ring (bicyclic) bond motifs is 1. The summed E-state index contributed by atoms with van der Waals surface area (Å²) in [5.41, 5.74) is 2.34. The maximum absolute atomic E-state index is 13.7. The quantitative estimate of drug-likeness (QED) is 0.225. The third kappa shape index (κ3) is 5.18. The van der Waals surface area contributed by atoms with Gasteiger partial charge in [0, 0.05) is 32.9 Å². The topological polar surface area (TPSA) is 106 Å². The van der Waals surface area contributed by atoms with Crippen molar-refractivity contribution in [3.05, 3.63) is 83.6 Å². The number of carbonyl (C=O) groups is 2. The van der Waals surface area contributed by atoms with Gasteiger partial charge < -0.3 is 15.4 Å². The van der Waals surface area contributed by atoms with Crippen molar-refractivity contribution in [1.29, 1.82) is 5.26 Å². The van der Waals surface area contributed by atoms with Gasteiger partial charge in [0.25, 0.3) is 5.91 Å². The van der Waals surface area contributed by atoms with Crippen LogP contribution >= 0.6 is 11.8 Å². The van der Waals surface area contributed by atoms with Crippen LogP contribution in [0.4, 0.5) is 13.2 Å². The first-order chi connectivity index (χ1) is 19.5. The number of hydrogen-bond acceptors (Lipinski definition) is 4. The Morgan fingerprint density at radius 2 is 1.76 bits per heavy atom. The van der Waals surface area contributed by atoms with Gasteiger partial charge in [-0.2, -0.15) is 18.4 Å². The lowest BCUT2D eigenvalue weighted by Crippen LogP contribution is -2.57. The highest BCUT2D eigenvalue weighted by atomic mass is 32.2. The van der Waals surface area contributed by atoms with Crippen LogP contribution in [0.15, 0.2) is 76.7 Å². The van der Waals surface area contributed by atoms with E-state index in [9.17, 15) is 33.1 Å². The number of benzene rings is 3. The van der Waals surface area contributed by atoms with Crippen molar-refractivity contribution in [2.45, 2.75) is 47.7 Å². The highest BCUT2D eigenvalue weighted by Gasteiger charge is 2.55. The van der Waals surface area contributed by atoms with Crippen molar-refractivity contribution in [3.63, 3.8) is 0 Å². The number of aromatic amines is 1. The summed E-state index contributed by atoms with van der Waals surface area (Å²) in [6, 6.07) is 17.7. The second-order valence-electron chi connectivity index (χ2n) is 10.9. The Morgan fingerprint density at radius 3 is 2.41 bits per heavy atom. The van der Waals surface area contributed by atoms with E-state index in [0.29, 0.717) is 44.7 Å². The van der Waals surface area contributed by atoms with Crippen LogP contribution in [0, 0.1) is 22.7 Å². The average Bonchev–Trinajstić information content (AvgIpc) is 3.30. The normalized spacial score (nSPS) is 21.6. The molecule has 10 heteroatoms. The predicted octanol–water partition coefficient (Wildman–Crippen LogP) is 7.25. The van der Waals surface area contributed by atoms with Gasteiger partial charge in [-0.05, 0) is 90.8 Å². The average molecular weight is 576 g/mol. The molecular weight excluding hydrogens is 551 g/mol. The van der Waals surface area contributed by atoms with Crippen molar-refractivity contribution < 1.29 is 27.9 Å². The lowest BCUT2D eigenvalue weighted by Gasteiger charge is -2.56. The van der Waals surface area contributed by atoms with Gasteiger partial charge in [-0.3, -0.25) is 9.59 Å². The molecule has 0 saturated heterocycles. The van der Waals surface area contributed by atoms with Crippen molar-refractivity contribution >= 4 is 34.5 Å². The van der Waals surface area contributed by atoms with Gasteiger partial charge in [0.1, 0.15) is 0 Å². The number of hydrogen-bond donors (Lipinski definition) is 3. The summed E-state index contributed by atoms with van der Waals surface area (Å²) < 4.78 is 39.1. The molecule has 1 aromatic heterocycles. The van der Waals surface area contributed by atoms with Gasteiger partial charge in [-0.25, -0.2) is 0 Å². The van der Waals surface area contributed by atoms with E-state index in [0.717, 1.165) is 36.1 Å². The van der Waals surface area contributed by atoms with E-state index < -0.39 is 17.7 Å². The van der Waals surface area contributed by atoms with E-state index in [1.165, 1.54) is 23.9 Å². The maximum Gasteiger partial charge on any atom is 0.416 e. The van der Waals surface area contributed by atoms with E-state index in [2.05, 4.69) is 16.4 Å². The zero-order valence-electron chi connectivity index (χ0n) is 21.6. The molecule has 0 aliphatic heterocycles. The highest BCUT2D eigenvalue weighted by Crippen LogP contribution is 2.58. The number of nitriles is 1. The number of amides is 1. The summed E-state index contributed by atoms with van der Waals surface area (Å²) in [7, 11) is 0. The fourth-order valence-electron chi connectivity index (χ4n) is 6.11. The molecule has 2 fully saturated rings. The SMILES string of the molecule is N#Cc1cccc(-c2cc(C(=O)NC3CC4(C3)CC(C(=O)O)C4)c3c(Sc4ccc(C(F)(F)F)cc4)c[nH]c3c2)c1. The molecule has 3 N–H and O–H groups in total. The van der Waals surface area contributed by atoms with Crippen LogP contribution in [-0.4, -0.2) is 28.0 Å². The summed E-state index contributed by atoms with van der Waals surface area (Å²) in [6.45, 7) is 0. The van der Waals surface area contributed by atoms with Crippen molar-refractivity contribution in [1.82, 2.24) is 10.3 Å². The van der Waals surface area contributed by atoms with Gasteiger partial charge in [0.05, 0.1) is 28.7 Å². The standard InChI is InChI=1S/C31H24F3N3O3S/c32-31(33,34)21-4-6-23(7-5-21)41-26-16-36-25-10-19(18-3-1-2-17(8-18)15-35)9-24(27(25)26)28(38)37-22-13-30(14-22)11-20(12-30)29(39)40/h1-10,16,20,22,36H,11-14H2,(H,37,38)(H,39,40). The summed E-state index contributed by atoms with van der Waals surface area (Å²) in [4.78, 5) is 29.4. The number of carbonyl (C=O) groups excluding carboxylic acids is 1. The Bertz CT molecular complexity index is 1710. The molecule has 0 radical (unpaired) electrons. The fraction of sp³-hybridized carbons (Fsp3) is 0.258. The molecule has 3 aromatic carbocycles. The molecule has 2 saturated carbocycles. The highest BCUT2D eigenvalue weighted by molar-refractivity contribution is 7.99. The molecule has 0 unspecified atom stereocenters. The van der Waals surface area contributed by atoms with Crippen molar-refractivity contribution in [2.75, 3.05) is 0 Å². The minimum atomic E-state index is -4.43. The first-order valence-electron chi connectivity index (χ1n) is 13.1. The summed E-state index contributed by atoms with van der Waals surface area (Å²) in [5.74, 6) is -1.36. The molecule has 41 heavy (non-hydrogen) atoms. The molecule has 0 atom stereocenters. The number of aromatic nitrogens is 1. The minimum absolute atomic E-state index is 0.00637. The van der Waals surface area contributed by atoms with Crippen LogP contribution < -0.4 is 5.32 Å². The zero-order valence-corrected chi connectivity index (χ0v) is 22.4. The lowest BCUT2D eigenvalue weighted by atomic mass is 9.50. The summed E-state index contributed by atoms with van der Waals surface area (Å²) in [6.07, 6.45) is 0.0388. The number of aliphatic carboxylic acids is 1. The van der Waals surface area contributed by atoms with Gasteiger partial charge in [-0.1, -0.05) is 23.9 Å². The molecule has 2 aliphatic carbocycles. The van der Waals surface area contributed by atoms with E-state index >= 15 is 0 Å². The number of H-pyrrole nitrogens is 1. The number of carboxylic acid groups (broad SMARTS) is 1. The third-order valence-electron chi connectivity index (χ3n) is 8.12. The van der Waals surface area contributed by atoms with E-state index in [1.54, 1.807) is 30.5 Å². The molecule has 208 valence electrons. The third-order valence-corrected chi connectivity index (χ3v) is 9.17. The summed E-state index contributed by atoms with van der Waals surface area (Å²) in [5, 5.41) is 22.3. The maximum atomic E-state index is 13.7. The first-order valence-corrected chi connectivity index (χ1v) is 13.9. The number of nitrogens with one attached hydrogen (secondary N) is 2. The Kier molecular flexibility index (Phi) is 6.57. The second-order valence-corrected chi connectivity index (χ2v) is 12.1.